The molecular weight excluding hydrogens is 207 g/mol. The fourth-order valence-electron chi connectivity index (χ4n) is 1.11. The van der Waals surface area contributed by atoms with Crippen molar-refractivity contribution < 1.29 is 23.8 Å². The molecule has 14 heavy (non-hydrogen) atoms. The average Bonchev–Trinajstić information content (AvgIpc) is 2.04. The van der Waals surface area contributed by atoms with Crippen molar-refractivity contribution in [2.75, 3.05) is 19.8 Å². The van der Waals surface area contributed by atoms with Gasteiger partial charge >= 0.3 is 7.60 Å². The molecule has 0 bridgehead atoms. The van der Waals surface area contributed by atoms with Crippen LogP contribution >= 0.6 is 7.60 Å². The highest BCUT2D eigenvalue weighted by molar-refractivity contribution is 7.54. The van der Waals surface area contributed by atoms with Gasteiger partial charge in [-0.15, -0.1) is 0 Å². The normalized spacial score (nSPS) is 16.6. The number of hydrogen-bond donors (Lipinski definition) is 2. The SMILES string of the molecule is CCOP(=O)(OCC)C(CO)C(C)O. The molecule has 6 heteroatoms. The molecule has 2 N–H and O–H groups in total. The van der Waals surface area contributed by atoms with Gasteiger partial charge in [0.1, 0.15) is 5.66 Å². The largest absolute Gasteiger partial charge is 0.395 e. The smallest absolute Gasteiger partial charge is 0.338 e. The summed E-state index contributed by atoms with van der Waals surface area (Å²) < 4.78 is 22.0. The Balaban J connectivity index is 4.67. The van der Waals surface area contributed by atoms with E-state index in [-0.39, 0.29) is 13.2 Å². The lowest BCUT2D eigenvalue weighted by Crippen LogP contribution is -2.29. The van der Waals surface area contributed by atoms with E-state index in [1.165, 1.54) is 6.92 Å². The number of aliphatic hydroxyl groups is 2. The summed E-state index contributed by atoms with van der Waals surface area (Å²) in [5.41, 5.74) is -0.873. The maximum absolute atomic E-state index is 12.0. The van der Waals surface area contributed by atoms with Crippen molar-refractivity contribution in [1.82, 2.24) is 0 Å². The van der Waals surface area contributed by atoms with Crippen molar-refractivity contribution in [2.45, 2.75) is 32.5 Å². The number of rotatable bonds is 7. The Kier molecular flexibility index (Phi) is 6.57. The van der Waals surface area contributed by atoms with Crippen LogP contribution in [0.1, 0.15) is 20.8 Å². The Bertz CT molecular complexity index is 184. The van der Waals surface area contributed by atoms with E-state index in [0.29, 0.717) is 0 Å². The topological polar surface area (TPSA) is 76.0 Å². The Labute approximate surface area is 84.6 Å². The molecule has 86 valence electrons. The summed E-state index contributed by atoms with van der Waals surface area (Å²) in [7, 11) is -3.39. The van der Waals surface area contributed by atoms with Gasteiger partial charge in [-0.25, -0.2) is 0 Å². The summed E-state index contributed by atoms with van der Waals surface area (Å²) in [6, 6.07) is 0. The van der Waals surface area contributed by atoms with Crippen molar-refractivity contribution in [1.29, 1.82) is 0 Å². The lowest BCUT2D eigenvalue weighted by molar-refractivity contribution is 0.121. The molecule has 2 atom stereocenters. The molecule has 0 saturated carbocycles. The summed E-state index contributed by atoms with van der Waals surface area (Å²) in [5, 5.41) is 18.3. The zero-order valence-electron chi connectivity index (χ0n) is 8.84. The van der Waals surface area contributed by atoms with E-state index in [9.17, 15) is 9.67 Å². The molecule has 0 aliphatic heterocycles. The minimum absolute atomic E-state index is 0.223. The minimum atomic E-state index is -3.39. The van der Waals surface area contributed by atoms with Gasteiger partial charge in [0.25, 0.3) is 0 Å². The van der Waals surface area contributed by atoms with Crippen LogP contribution in [-0.4, -0.2) is 41.8 Å². The predicted molar refractivity (Wildman–Crippen MR) is 53.4 cm³/mol. The second kappa shape index (κ2) is 6.53. The van der Waals surface area contributed by atoms with Gasteiger partial charge in [0.05, 0.1) is 25.9 Å². The molecule has 0 amide bonds. The fraction of sp³-hybridized carbons (Fsp3) is 1.00. The first-order valence-corrected chi connectivity index (χ1v) is 6.30. The van der Waals surface area contributed by atoms with Gasteiger partial charge < -0.3 is 19.3 Å². The molecule has 0 radical (unpaired) electrons. The fourth-order valence-corrected chi connectivity index (χ4v) is 3.01. The first-order valence-electron chi connectivity index (χ1n) is 4.69. The summed E-state index contributed by atoms with van der Waals surface area (Å²) in [6.07, 6.45) is -0.927. The maximum Gasteiger partial charge on any atom is 0.338 e. The lowest BCUT2D eigenvalue weighted by atomic mass is 10.3. The highest BCUT2D eigenvalue weighted by Gasteiger charge is 2.38. The first kappa shape index (κ1) is 14.1. The Morgan fingerprint density at radius 1 is 1.29 bits per heavy atom. The van der Waals surface area contributed by atoms with Crippen LogP contribution < -0.4 is 0 Å². The van der Waals surface area contributed by atoms with E-state index in [2.05, 4.69) is 0 Å². The van der Waals surface area contributed by atoms with Crippen LogP contribution in [0.25, 0.3) is 0 Å². The molecule has 0 fully saturated rings. The van der Waals surface area contributed by atoms with Crippen LogP contribution in [0.15, 0.2) is 0 Å². The Morgan fingerprint density at radius 2 is 1.71 bits per heavy atom. The highest BCUT2D eigenvalue weighted by atomic mass is 31.2. The number of aliphatic hydroxyl groups excluding tert-OH is 2. The van der Waals surface area contributed by atoms with Crippen molar-refractivity contribution in [3.8, 4) is 0 Å². The molecule has 0 aliphatic carbocycles. The van der Waals surface area contributed by atoms with Crippen LogP contribution in [0, 0.1) is 0 Å². The zero-order chi connectivity index (χ0) is 11.2. The van der Waals surface area contributed by atoms with E-state index in [1.807, 2.05) is 0 Å². The van der Waals surface area contributed by atoms with Crippen molar-refractivity contribution >= 4 is 7.60 Å². The first-order chi connectivity index (χ1) is 6.51. The van der Waals surface area contributed by atoms with Crippen LogP contribution in [-0.2, 0) is 13.6 Å². The van der Waals surface area contributed by atoms with E-state index >= 15 is 0 Å². The average molecular weight is 226 g/mol. The molecule has 0 aromatic carbocycles. The summed E-state index contributed by atoms with van der Waals surface area (Å²) in [4.78, 5) is 0. The van der Waals surface area contributed by atoms with Gasteiger partial charge in [-0.3, -0.25) is 4.57 Å². The minimum Gasteiger partial charge on any atom is -0.395 e. The van der Waals surface area contributed by atoms with Crippen LogP contribution in [0.2, 0.25) is 0 Å². The standard InChI is InChI=1S/C8H19O5P/c1-4-12-14(11,13-5-2)8(6-9)7(3)10/h7-10H,4-6H2,1-3H3. The molecule has 0 heterocycles. The molecule has 0 rings (SSSR count). The van der Waals surface area contributed by atoms with Crippen LogP contribution in [0.5, 0.6) is 0 Å². The van der Waals surface area contributed by atoms with Gasteiger partial charge in [-0.2, -0.15) is 0 Å². The van der Waals surface area contributed by atoms with E-state index in [0.717, 1.165) is 0 Å². The van der Waals surface area contributed by atoms with Gasteiger partial charge in [0, 0.05) is 0 Å². The number of hydrogen-bond acceptors (Lipinski definition) is 5. The molecule has 5 nitrogen and oxygen atoms in total. The van der Waals surface area contributed by atoms with Gasteiger partial charge in [-0.1, -0.05) is 0 Å². The monoisotopic (exact) mass is 226 g/mol. The molecule has 0 aliphatic rings. The van der Waals surface area contributed by atoms with Crippen LogP contribution in [0.3, 0.4) is 0 Å². The van der Waals surface area contributed by atoms with Gasteiger partial charge in [0.2, 0.25) is 0 Å². The molecule has 0 aromatic heterocycles. The molecule has 0 aromatic rings. The van der Waals surface area contributed by atoms with E-state index in [1.54, 1.807) is 13.8 Å². The van der Waals surface area contributed by atoms with Gasteiger partial charge in [0.15, 0.2) is 0 Å². The van der Waals surface area contributed by atoms with Crippen molar-refractivity contribution in [3.05, 3.63) is 0 Å². The quantitative estimate of drug-likeness (QED) is 0.633. The van der Waals surface area contributed by atoms with E-state index in [4.69, 9.17) is 14.2 Å². The maximum atomic E-state index is 12.0. The highest BCUT2D eigenvalue weighted by Crippen LogP contribution is 2.53. The predicted octanol–water partition coefficient (Wildman–Crippen LogP) is 0.994. The summed E-state index contributed by atoms with van der Waals surface area (Å²) in [6.45, 7) is 4.84. The Morgan fingerprint density at radius 3 is 1.93 bits per heavy atom. The zero-order valence-corrected chi connectivity index (χ0v) is 9.74. The second-order valence-corrected chi connectivity index (χ2v) is 5.13. The third-order valence-electron chi connectivity index (χ3n) is 1.77. The van der Waals surface area contributed by atoms with Crippen LogP contribution in [0.4, 0.5) is 0 Å². The Hall–Kier alpha value is 0.0700. The third kappa shape index (κ3) is 3.67. The molecule has 2 unspecified atom stereocenters. The molecule has 0 spiro atoms. The van der Waals surface area contributed by atoms with E-state index < -0.39 is 26.0 Å². The van der Waals surface area contributed by atoms with Gasteiger partial charge in [-0.05, 0) is 20.8 Å². The lowest BCUT2D eigenvalue weighted by Gasteiger charge is -2.26. The van der Waals surface area contributed by atoms with Crippen molar-refractivity contribution in [2.24, 2.45) is 0 Å². The third-order valence-corrected chi connectivity index (χ3v) is 4.41. The second-order valence-electron chi connectivity index (χ2n) is 2.87. The molecule has 0 saturated heterocycles. The summed E-state index contributed by atoms with van der Waals surface area (Å²) >= 11 is 0. The molecular formula is C8H19O5P. The summed E-state index contributed by atoms with van der Waals surface area (Å²) in [5.74, 6) is 0. The van der Waals surface area contributed by atoms with Crippen molar-refractivity contribution in [3.63, 3.8) is 0 Å².